The summed E-state index contributed by atoms with van der Waals surface area (Å²) in [7, 11) is 0. The standard InChI is InChI=1S/C21H17BrN4OS2/c22-15-6-8-18(9-7-15)26-11-10-23-21(26)29-14-17-13-28-20(25-17)12-19(27)24-16-4-2-1-3-5-16/h1-11,13H,12,14H2,(H,24,27). The van der Waals surface area contributed by atoms with E-state index in [-0.39, 0.29) is 12.3 Å². The summed E-state index contributed by atoms with van der Waals surface area (Å²) in [5.74, 6) is 0.639. The zero-order chi connectivity index (χ0) is 20.1. The summed E-state index contributed by atoms with van der Waals surface area (Å²) in [5.41, 5.74) is 2.81. The van der Waals surface area contributed by atoms with Crippen molar-refractivity contribution in [1.82, 2.24) is 14.5 Å². The van der Waals surface area contributed by atoms with Crippen LogP contribution in [0.5, 0.6) is 0 Å². The van der Waals surface area contributed by atoms with Crippen LogP contribution in [-0.2, 0) is 17.0 Å². The van der Waals surface area contributed by atoms with Crippen LogP contribution < -0.4 is 5.32 Å². The van der Waals surface area contributed by atoms with E-state index in [0.29, 0.717) is 5.75 Å². The largest absolute Gasteiger partial charge is 0.326 e. The molecule has 0 bridgehead atoms. The average molecular weight is 485 g/mol. The summed E-state index contributed by atoms with van der Waals surface area (Å²) >= 11 is 6.60. The van der Waals surface area contributed by atoms with Crippen molar-refractivity contribution in [2.75, 3.05) is 5.32 Å². The molecule has 0 spiro atoms. The maximum Gasteiger partial charge on any atom is 0.231 e. The van der Waals surface area contributed by atoms with Gasteiger partial charge in [0, 0.05) is 39.4 Å². The highest BCUT2D eigenvalue weighted by atomic mass is 79.9. The second-order valence-electron chi connectivity index (χ2n) is 6.17. The van der Waals surface area contributed by atoms with Gasteiger partial charge in [-0.15, -0.1) is 11.3 Å². The molecule has 0 aliphatic heterocycles. The van der Waals surface area contributed by atoms with E-state index in [2.05, 4.69) is 35.8 Å². The number of carbonyl (C=O) groups is 1. The zero-order valence-electron chi connectivity index (χ0n) is 15.3. The van der Waals surface area contributed by atoms with Gasteiger partial charge >= 0.3 is 0 Å². The first-order valence-electron chi connectivity index (χ1n) is 8.87. The molecule has 29 heavy (non-hydrogen) atoms. The molecule has 0 atom stereocenters. The molecule has 0 aliphatic rings. The van der Waals surface area contributed by atoms with Crippen molar-refractivity contribution < 1.29 is 4.79 Å². The minimum absolute atomic E-state index is 0.0597. The monoisotopic (exact) mass is 484 g/mol. The first-order valence-corrected chi connectivity index (χ1v) is 11.5. The molecule has 5 nitrogen and oxygen atoms in total. The minimum atomic E-state index is -0.0597. The number of aromatic nitrogens is 3. The molecule has 8 heteroatoms. The van der Waals surface area contributed by atoms with Gasteiger partial charge in [0.25, 0.3) is 0 Å². The van der Waals surface area contributed by atoms with Crippen LogP contribution >= 0.6 is 39.0 Å². The van der Waals surface area contributed by atoms with Gasteiger partial charge in [-0.3, -0.25) is 9.36 Å². The number of nitrogens with zero attached hydrogens (tertiary/aromatic N) is 3. The molecule has 2 heterocycles. The van der Waals surface area contributed by atoms with Crippen LogP contribution in [0.15, 0.2) is 82.0 Å². The zero-order valence-corrected chi connectivity index (χ0v) is 18.5. The van der Waals surface area contributed by atoms with E-state index in [1.54, 1.807) is 18.0 Å². The van der Waals surface area contributed by atoms with E-state index in [9.17, 15) is 4.79 Å². The molecule has 0 radical (unpaired) electrons. The van der Waals surface area contributed by atoms with Gasteiger partial charge in [-0.1, -0.05) is 45.9 Å². The minimum Gasteiger partial charge on any atom is -0.326 e. The number of thiazole rings is 1. The van der Waals surface area contributed by atoms with Crippen LogP contribution in [0.3, 0.4) is 0 Å². The van der Waals surface area contributed by atoms with Gasteiger partial charge < -0.3 is 5.32 Å². The maximum absolute atomic E-state index is 12.2. The fourth-order valence-electron chi connectivity index (χ4n) is 2.69. The van der Waals surface area contributed by atoms with Crippen LogP contribution in [0.4, 0.5) is 5.69 Å². The first kappa shape index (κ1) is 19.9. The third kappa shape index (κ3) is 5.35. The smallest absolute Gasteiger partial charge is 0.231 e. The molecule has 0 unspecified atom stereocenters. The fourth-order valence-corrected chi connectivity index (χ4v) is 4.72. The lowest BCUT2D eigenvalue weighted by Crippen LogP contribution is -2.14. The first-order chi connectivity index (χ1) is 14.2. The normalized spacial score (nSPS) is 10.8. The van der Waals surface area contributed by atoms with Crippen molar-refractivity contribution in [3.63, 3.8) is 0 Å². The fraction of sp³-hybridized carbons (Fsp3) is 0.0952. The third-order valence-electron chi connectivity index (χ3n) is 4.03. The van der Waals surface area contributed by atoms with Crippen LogP contribution in [0.25, 0.3) is 5.69 Å². The topological polar surface area (TPSA) is 59.8 Å². The Hall–Kier alpha value is -2.42. The van der Waals surface area contributed by atoms with Gasteiger partial charge in [-0.25, -0.2) is 9.97 Å². The van der Waals surface area contributed by atoms with Crippen LogP contribution in [-0.4, -0.2) is 20.4 Å². The Morgan fingerprint density at radius 3 is 2.72 bits per heavy atom. The number of anilines is 1. The summed E-state index contributed by atoms with van der Waals surface area (Å²) in [5, 5.41) is 6.61. The summed E-state index contributed by atoms with van der Waals surface area (Å²) in [6.45, 7) is 0. The molecule has 0 aliphatic carbocycles. The number of hydrogen-bond donors (Lipinski definition) is 1. The molecule has 146 valence electrons. The van der Waals surface area contributed by atoms with E-state index in [0.717, 1.165) is 31.7 Å². The Morgan fingerprint density at radius 2 is 1.93 bits per heavy atom. The highest BCUT2D eigenvalue weighted by molar-refractivity contribution is 9.10. The second kappa shape index (κ2) is 9.39. The van der Waals surface area contributed by atoms with Crippen LogP contribution in [0.1, 0.15) is 10.7 Å². The third-order valence-corrected chi connectivity index (χ3v) is 6.46. The molecule has 1 N–H and O–H groups in total. The van der Waals surface area contributed by atoms with Gasteiger partial charge in [0.1, 0.15) is 5.01 Å². The van der Waals surface area contributed by atoms with E-state index in [1.165, 1.54) is 11.3 Å². The molecule has 2 aromatic heterocycles. The Balaban J connectivity index is 1.35. The lowest BCUT2D eigenvalue weighted by atomic mass is 10.3. The van der Waals surface area contributed by atoms with Gasteiger partial charge in [0.2, 0.25) is 5.91 Å². The lowest BCUT2D eigenvalue weighted by molar-refractivity contribution is -0.115. The Kier molecular flexibility index (Phi) is 6.43. The number of thioether (sulfide) groups is 1. The van der Waals surface area contributed by atoms with Crippen molar-refractivity contribution >= 4 is 50.6 Å². The van der Waals surface area contributed by atoms with E-state index in [1.807, 2.05) is 66.2 Å². The van der Waals surface area contributed by atoms with Crippen molar-refractivity contribution in [1.29, 1.82) is 0 Å². The van der Waals surface area contributed by atoms with Crippen LogP contribution in [0, 0.1) is 0 Å². The molecule has 0 saturated carbocycles. The number of amides is 1. The van der Waals surface area contributed by atoms with Crippen molar-refractivity contribution in [2.24, 2.45) is 0 Å². The molecule has 0 saturated heterocycles. The van der Waals surface area contributed by atoms with Crippen molar-refractivity contribution in [2.45, 2.75) is 17.3 Å². The summed E-state index contributed by atoms with van der Waals surface area (Å²) in [6.07, 6.45) is 4.02. The number of para-hydroxylation sites is 1. The molecule has 0 fully saturated rings. The molecule has 4 rings (SSSR count). The highest BCUT2D eigenvalue weighted by Crippen LogP contribution is 2.25. The number of benzene rings is 2. The van der Waals surface area contributed by atoms with Gasteiger partial charge in [0.15, 0.2) is 5.16 Å². The number of hydrogen-bond acceptors (Lipinski definition) is 5. The number of nitrogens with one attached hydrogen (secondary N) is 1. The lowest BCUT2D eigenvalue weighted by Gasteiger charge is -2.07. The molecule has 2 aromatic carbocycles. The predicted octanol–water partition coefficient (Wildman–Crippen LogP) is 5.56. The predicted molar refractivity (Wildman–Crippen MR) is 122 cm³/mol. The van der Waals surface area contributed by atoms with Gasteiger partial charge in [0.05, 0.1) is 12.1 Å². The summed E-state index contributed by atoms with van der Waals surface area (Å²) in [4.78, 5) is 21.3. The summed E-state index contributed by atoms with van der Waals surface area (Å²) in [6, 6.07) is 17.6. The Bertz CT molecular complexity index is 1090. The Morgan fingerprint density at radius 1 is 1.14 bits per heavy atom. The van der Waals surface area contributed by atoms with Gasteiger partial charge in [-0.2, -0.15) is 0 Å². The number of imidazole rings is 1. The molecular weight excluding hydrogens is 468 g/mol. The number of carbonyl (C=O) groups excluding carboxylic acids is 1. The molecular formula is C21H17BrN4OS2. The number of rotatable bonds is 7. The second-order valence-corrected chi connectivity index (χ2v) is 8.97. The average Bonchev–Trinajstić information content (AvgIpc) is 3.37. The quantitative estimate of drug-likeness (QED) is 0.348. The van der Waals surface area contributed by atoms with E-state index >= 15 is 0 Å². The van der Waals surface area contributed by atoms with Crippen molar-refractivity contribution in [3.8, 4) is 5.69 Å². The highest BCUT2D eigenvalue weighted by Gasteiger charge is 2.11. The Labute approximate surface area is 185 Å². The SMILES string of the molecule is O=C(Cc1nc(CSc2nccn2-c2ccc(Br)cc2)cs1)Nc1ccccc1. The molecule has 1 amide bonds. The van der Waals surface area contributed by atoms with E-state index in [4.69, 9.17) is 0 Å². The van der Waals surface area contributed by atoms with E-state index < -0.39 is 0 Å². The molecule has 4 aromatic rings. The van der Waals surface area contributed by atoms with Gasteiger partial charge in [-0.05, 0) is 36.4 Å². The number of halogens is 1. The van der Waals surface area contributed by atoms with Crippen LogP contribution in [0.2, 0.25) is 0 Å². The summed E-state index contributed by atoms with van der Waals surface area (Å²) < 4.78 is 3.10. The maximum atomic E-state index is 12.2. The van der Waals surface area contributed by atoms with Crippen molar-refractivity contribution in [3.05, 3.63) is 87.5 Å².